The molecule has 7 heteroatoms. The summed E-state index contributed by atoms with van der Waals surface area (Å²) < 4.78 is 4.05. The van der Waals surface area contributed by atoms with Crippen LogP contribution in [0.2, 0.25) is 0 Å². The maximum atomic E-state index is 12.5. The van der Waals surface area contributed by atoms with Crippen molar-refractivity contribution in [1.82, 2.24) is 29.4 Å². The van der Waals surface area contributed by atoms with Crippen LogP contribution in [0.4, 0.5) is 0 Å². The quantitative estimate of drug-likeness (QED) is 0.503. The number of hydrogen-bond donors (Lipinski definition) is 1. The van der Waals surface area contributed by atoms with E-state index in [1.54, 1.807) is 31.1 Å². The fraction of sp³-hybridized carbons (Fsp3) is 0.273. The zero-order valence-corrected chi connectivity index (χ0v) is 16.4. The second kappa shape index (κ2) is 8.68. The van der Waals surface area contributed by atoms with E-state index in [4.69, 9.17) is 0 Å². The number of carbonyl (C=O) groups is 1. The normalized spacial score (nSPS) is 12.2. The first-order valence-corrected chi connectivity index (χ1v) is 9.81. The van der Waals surface area contributed by atoms with Crippen LogP contribution in [-0.2, 0) is 13.0 Å². The lowest BCUT2D eigenvalue weighted by molar-refractivity contribution is 0.0951. The van der Waals surface area contributed by atoms with Crippen LogP contribution in [0.3, 0.4) is 0 Å². The molecule has 0 fully saturated rings. The Morgan fingerprint density at radius 1 is 1.17 bits per heavy atom. The van der Waals surface area contributed by atoms with E-state index in [-0.39, 0.29) is 11.9 Å². The molecule has 0 aliphatic heterocycles. The number of nitrogens with one attached hydrogen (secondary N) is 1. The van der Waals surface area contributed by atoms with Gasteiger partial charge in [0, 0.05) is 37.7 Å². The number of pyridine rings is 1. The zero-order valence-electron chi connectivity index (χ0n) is 16.4. The van der Waals surface area contributed by atoms with E-state index in [2.05, 4.69) is 39.3 Å². The molecule has 0 bridgehead atoms. The Balaban J connectivity index is 1.35. The third-order valence-electron chi connectivity index (χ3n) is 5.08. The maximum absolute atomic E-state index is 12.5. The number of hydrogen-bond acceptors (Lipinski definition) is 4. The SMILES string of the molecule is CC(CCNC(=O)c1cnc2c(c1)ncn2CCc1ccccc1)n1ccnc1. The Bertz CT molecular complexity index is 1070. The molecule has 0 saturated heterocycles. The van der Waals surface area contributed by atoms with Crippen LogP contribution in [0.1, 0.15) is 35.3 Å². The van der Waals surface area contributed by atoms with Crippen molar-refractivity contribution in [1.29, 1.82) is 0 Å². The Hall–Kier alpha value is -3.48. The highest BCUT2D eigenvalue weighted by atomic mass is 16.1. The Kier molecular flexibility index (Phi) is 5.65. The lowest BCUT2D eigenvalue weighted by Gasteiger charge is -2.13. The second-order valence-electron chi connectivity index (χ2n) is 7.14. The predicted octanol–water partition coefficient (Wildman–Crippen LogP) is 3.25. The highest BCUT2D eigenvalue weighted by molar-refractivity contribution is 5.96. The van der Waals surface area contributed by atoms with Crippen LogP contribution in [0.15, 0.2) is 67.6 Å². The first-order valence-electron chi connectivity index (χ1n) is 9.81. The van der Waals surface area contributed by atoms with Gasteiger partial charge in [-0.2, -0.15) is 0 Å². The van der Waals surface area contributed by atoms with Gasteiger partial charge in [0.2, 0.25) is 0 Å². The molecule has 3 heterocycles. The summed E-state index contributed by atoms with van der Waals surface area (Å²) in [6.07, 6.45) is 10.6. The van der Waals surface area contributed by atoms with E-state index in [0.717, 1.165) is 30.6 Å². The van der Waals surface area contributed by atoms with Crippen LogP contribution in [-0.4, -0.2) is 36.5 Å². The molecule has 7 nitrogen and oxygen atoms in total. The van der Waals surface area contributed by atoms with E-state index in [0.29, 0.717) is 12.1 Å². The van der Waals surface area contributed by atoms with Gasteiger partial charge >= 0.3 is 0 Å². The average molecular weight is 388 g/mol. The Morgan fingerprint density at radius 2 is 2.03 bits per heavy atom. The lowest BCUT2D eigenvalue weighted by atomic mass is 10.1. The third-order valence-corrected chi connectivity index (χ3v) is 5.08. The van der Waals surface area contributed by atoms with Crippen molar-refractivity contribution in [3.05, 3.63) is 78.8 Å². The number of benzene rings is 1. The van der Waals surface area contributed by atoms with Crippen molar-refractivity contribution < 1.29 is 4.79 Å². The third kappa shape index (κ3) is 4.51. The summed E-state index contributed by atoms with van der Waals surface area (Å²) in [5, 5.41) is 2.96. The van der Waals surface area contributed by atoms with Crippen LogP contribution in [0, 0.1) is 0 Å². The smallest absolute Gasteiger partial charge is 0.252 e. The van der Waals surface area contributed by atoms with Gasteiger partial charge < -0.3 is 14.5 Å². The molecule has 4 aromatic rings. The first-order chi connectivity index (χ1) is 14.2. The molecular weight excluding hydrogens is 364 g/mol. The summed E-state index contributed by atoms with van der Waals surface area (Å²) >= 11 is 0. The van der Waals surface area contributed by atoms with Gasteiger partial charge in [0.15, 0.2) is 5.65 Å². The standard InChI is InChI=1S/C22H24N6O/c1-17(27-12-10-23-15-27)7-9-24-22(29)19-13-20-21(25-14-19)28(16-26-20)11-8-18-5-3-2-4-6-18/h2-6,10,12-17H,7-9,11H2,1H3,(H,24,29). The zero-order chi connectivity index (χ0) is 20.1. The first kappa shape index (κ1) is 18.9. The Labute approximate surface area is 169 Å². The van der Waals surface area contributed by atoms with Gasteiger partial charge in [0.25, 0.3) is 5.91 Å². The van der Waals surface area contributed by atoms with Crippen LogP contribution >= 0.6 is 0 Å². The molecule has 1 aromatic carbocycles. The van der Waals surface area contributed by atoms with E-state index >= 15 is 0 Å². The van der Waals surface area contributed by atoms with Gasteiger partial charge in [-0.25, -0.2) is 15.0 Å². The average Bonchev–Trinajstić information content (AvgIpc) is 3.42. The molecule has 0 radical (unpaired) electrons. The van der Waals surface area contributed by atoms with Crippen molar-refractivity contribution in [3.8, 4) is 0 Å². The number of amides is 1. The minimum absolute atomic E-state index is 0.129. The maximum Gasteiger partial charge on any atom is 0.252 e. The Morgan fingerprint density at radius 3 is 2.83 bits per heavy atom. The van der Waals surface area contributed by atoms with Gasteiger partial charge in [-0.15, -0.1) is 0 Å². The van der Waals surface area contributed by atoms with Gasteiger partial charge in [-0.05, 0) is 31.4 Å². The monoisotopic (exact) mass is 388 g/mol. The minimum atomic E-state index is -0.129. The number of aromatic nitrogens is 5. The summed E-state index contributed by atoms with van der Waals surface area (Å²) in [5.74, 6) is -0.129. The molecule has 148 valence electrons. The largest absolute Gasteiger partial charge is 0.352 e. The molecule has 1 unspecified atom stereocenters. The fourth-order valence-corrected chi connectivity index (χ4v) is 3.31. The summed E-state index contributed by atoms with van der Waals surface area (Å²) in [6.45, 7) is 3.48. The molecule has 4 rings (SSSR count). The molecule has 0 saturated carbocycles. The van der Waals surface area contributed by atoms with Crippen molar-refractivity contribution in [2.75, 3.05) is 6.54 Å². The van der Waals surface area contributed by atoms with Crippen LogP contribution < -0.4 is 5.32 Å². The molecule has 29 heavy (non-hydrogen) atoms. The molecular formula is C22H24N6O. The topological polar surface area (TPSA) is 77.6 Å². The number of fused-ring (bicyclic) bond motifs is 1. The summed E-state index contributed by atoms with van der Waals surface area (Å²) in [5.41, 5.74) is 3.33. The number of aryl methyl sites for hydroxylation is 2. The second-order valence-corrected chi connectivity index (χ2v) is 7.14. The summed E-state index contributed by atoms with van der Waals surface area (Å²) in [7, 11) is 0. The van der Waals surface area contributed by atoms with Crippen molar-refractivity contribution in [3.63, 3.8) is 0 Å². The molecule has 1 atom stereocenters. The molecule has 1 N–H and O–H groups in total. The van der Waals surface area contributed by atoms with E-state index in [1.165, 1.54) is 5.56 Å². The number of imidazole rings is 2. The number of nitrogens with zero attached hydrogens (tertiary/aromatic N) is 5. The molecule has 1 amide bonds. The molecule has 0 spiro atoms. The van der Waals surface area contributed by atoms with Gasteiger partial charge in [0.05, 0.1) is 18.2 Å². The summed E-state index contributed by atoms with van der Waals surface area (Å²) in [6, 6.07) is 12.4. The van der Waals surface area contributed by atoms with Gasteiger partial charge in [-0.1, -0.05) is 30.3 Å². The molecule has 0 aliphatic carbocycles. The lowest BCUT2D eigenvalue weighted by Crippen LogP contribution is -2.26. The fourth-order valence-electron chi connectivity index (χ4n) is 3.31. The van der Waals surface area contributed by atoms with Gasteiger partial charge in [0.1, 0.15) is 5.52 Å². The molecule has 3 aromatic heterocycles. The van der Waals surface area contributed by atoms with Crippen molar-refractivity contribution in [2.24, 2.45) is 0 Å². The van der Waals surface area contributed by atoms with E-state index in [9.17, 15) is 4.79 Å². The summed E-state index contributed by atoms with van der Waals surface area (Å²) in [4.78, 5) is 25.4. The molecule has 0 aliphatic rings. The van der Waals surface area contributed by atoms with Crippen LogP contribution in [0.5, 0.6) is 0 Å². The predicted molar refractivity (Wildman–Crippen MR) is 112 cm³/mol. The van der Waals surface area contributed by atoms with Gasteiger partial charge in [-0.3, -0.25) is 4.79 Å². The number of carbonyl (C=O) groups excluding carboxylic acids is 1. The van der Waals surface area contributed by atoms with Crippen LogP contribution in [0.25, 0.3) is 11.2 Å². The van der Waals surface area contributed by atoms with E-state index in [1.807, 2.05) is 33.5 Å². The van der Waals surface area contributed by atoms with E-state index < -0.39 is 0 Å². The highest BCUT2D eigenvalue weighted by Crippen LogP contribution is 2.14. The van der Waals surface area contributed by atoms with Crippen molar-refractivity contribution in [2.45, 2.75) is 32.4 Å². The number of rotatable bonds is 8. The van der Waals surface area contributed by atoms with Crippen molar-refractivity contribution >= 4 is 17.1 Å². The highest BCUT2D eigenvalue weighted by Gasteiger charge is 2.11. The minimum Gasteiger partial charge on any atom is -0.352 e.